The second kappa shape index (κ2) is 7.19. The first kappa shape index (κ1) is 15.4. The number of urea groups is 1. The summed E-state index contributed by atoms with van der Waals surface area (Å²) >= 11 is 0. The van der Waals surface area contributed by atoms with E-state index in [2.05, 4.69) is 32.5 Å². The molecule has 2 heterocycles. The monoisotopic (exact) mass is 311 g/mol. The molecule has 120 valence electrons. The highest BCUT2D eigenvalue weighted by Gasteiger charge is 2.19. The molecule has 6 heteroatoms. The Hall–Kier alpha value is -2.47. The van der Waals surface area contributed by atoms with Crippen molar-refractivity contribution in [2.45, 2.75) is 18.9 Å². The largest absolute Gasteiger partial charge is 0.334 e. The molecule has 0 radical (unpaired) electrons. The van der Waals surface area contributed by atoms with Gasteiger partial charge in [-0.2, -0.15) is 0 Å². The molecule has 2 amide bonds. The van der Waals surface area contributed by atoms with Gasteiger partial charge in [0.25, 0.3) is 0 Å². The van der Waals surface area contributed by atoms with Gasteiger partial charge in [-0.1, -0.05) is 30.3 Å². The molecule has 0 saturated carbocycles. The quantitative estimate of drug-likeness (QED) is 0.913. The molecule has 2 N–H and O–H groups in total. The number of benzene rings is 1. The summed E-state index contributed by atoms with van der Waals surface area (Å²) in [6.45, 7) is 1.96. The molecule has 1 aliphatic rings. The Morgan fingerprint density at radius 1 is 1.26 bits per heavy atom. The summed E-state index contributed by atoms with van der Waals surface area (Å²) in [5.41, 5.74) is 1.78. The molecule has 0 bridgehead atoms. The van der Waals surface area contributed by atoms with Crippen molar-refractivity contribution in [1.82, 2.24) is 20.2 Å². The second-order valence-electron chi connectivity index (χ2n) is 5.83. The van der Waals surface area contributed by atoms with E-state index in [1.807, 2.05) is 36.4 Å². The lowest BCUT2D eigenvalue weighted by Gasteiger charge is -2.30. The van der Waals surface area contributed by atoms with Gasteiger partial charge in [0.15, 0.2) is 0 Å². The van der Waals surface area contributed by atoms with Crippen molar-refractivity contribution in [3.05, 3.63) is 42.6 Å². The summed E-state index contributed by atoms with van der Waals surface area (Å²) in [5, 5.41) is 5.71. The van der Waals surface area contributed by atoms with E-state index in [4.69, 9.17) is 0 Å². The van der Waals surface area contributed by atoms with E-state index in [-0.39, 0.29) is 12.1 Å². The van der Waals surface area contributed by atoms with Crippen LogP contribution in [0.5, 0.6) is 0 Å². The van der Waals surface area contributed by atoms with Crippen LogP contribution in [0.1, 0.15) is 12.8 Å². The first-order chi connectivity index (χ1) is 11.2. The maximum Gasteiger partial charge on any atom is 0.321 e. The van der Waals surface area contributed by atoms with Crippen LogP contribution in [-0.4, -0.2) is 47.1 Å². The summed E-state index contributed by atoms with van der Waals surface area (Å²) in [5.74, 6) is 0.313. The fraction of sp³-hybridized carbons (Fsp3) is 0.353. The molecule has 1 aromatic heterocycles. The fourth-order valence-corrected chi connectivity index (χ4v) is 2.80. The minimum Gasteiger partial charge on any atom is -0.334 e. The smallest absolute Gasteiger partial charge is 0.321 e. The SMILES string of the molecule is CN1CCC[C@H](NC(=O)Nc2nccc(-c3ccccc3)n2)C1. The topological polar surface area (TPSA) is 70.2 Å². The molecule has 2 aromatic rings. The van der Waals surface area contributed by atoms with Gasteiger partial charge in [-0.25, -0.2) is 14.8 Å². The van der Waals surface area contributed by atoms with Crippen LogP contribution in [0.4, 0.5) is 10.7 Å². The van der Waals surface area contributed by atoms with E-state index in [9.17, 15) is 4.79 Å². The first-order valence-electron chi connectivity index (χ1n) is 7.85. The molecule has 0 aliphatic carbocycles. The van der Waals surface area contributed by atoms with E-state index in [0.29, 0.717) is 5.95 Å². The van der Waals surface area contributed by atoms with Gasteiger partial charge in [0.1, 0.15) is 0 Å². The zero-order chi connectivity index (χ0) is 16.1. The minimum atomic E-state index is -0.254. The predicted molar refractivity (Wildman–Crippen MR) is 90.1 cm³/mol. The zero-order valence-corrected chi connectivity index (χ0v) is 13.2. The summed E-state index contributed by atoms with van der Waals surface area (Å²) in [6, 6.07) is 11.6. The Morgan fingerprint density at radius 2 is 2.09 bits per heavy atom. The molecule has 0 unspecified atom stereocenters. The van der Waals surface area contributed by atoms with E-state index in [1.165, 1.54) is 0 Å². The molecular weight excluding hydrogens is 290 g/mol. The number of likely N-dealkylation sites (tertiary alicyclic amines) is 1. The molecule has 6 nitrogen and oxygen atoms in total. The summed E-state index contributed by atoms with van der Waals surface area (Å²) in [7, 11) is 2.07. The van der Waals surface area contributed by atoms with E-state index in [1.54, 1.807) is 6.20 Å². The van der Waals surface area contributed by atoms with Crippen molar-refractivity contribution in [3.8, 4) is 11.3 Å². The van der Waals surface area contributed by atoms with Crippen LogP contribution in [0.3, 0.4) is 0 Å². The lowest BCUT2D eigenvalue weighted by Crippen LogP contribution is -2.47. The lowest BCUT2D eigenvalue weighted by molar-refractivity contribution is 0.216. The van der Waals surface area contributed by atoms with Gasteiger partial charge in [-0.3, -0.25) is 5.32 Å². The van der Waals surface area contributed by atoms with Gasteiger partial charge in [0, 0.05) is 24.3 Å². The van der Waals surface area contributed by atoms with E-state index in [0.717, 1.165) is 37.2 Å². The number of carbonyl (C=O) groups is 1. The average Bonchev–Trinajstić information content (AvgIpc) is 2.56. The number of hydrogen-bond acceptors (Lipinski definition) is 4. The van der Waals surface area contributed by atoms with Crippen molar-refractivity contribution < 1.29 is 4.79 Å². The second-order valence-corrected chi connectivity index (χ2v) is 5.83. The zero-order valence-electron chi connectivity index (χ0n) is 13.2. The average molecular weight is 311 g/mol. The van der Waals surface area contributed by atoms with Gasteiger partial charge in [-0.15, -0.1) is 0 Å². The molecule has 1 aromatic carbocycles. The Morgan fingerprint density at radius 3 is 2.87 bits per heavy atom. The third-order valence-electron chi connectivity index (χ3n) is 3.91. The molecule has 1 fully saturated rings. The number of likely N-dealkylation sites (N-methyl/N-ethyl adjacent to an activating group) is 1. The number of hydrogen-bond donors (Lipinski definition) is 2. The van der Waals surface area contributed by atoms with Crippen LogP contribution in [0.25, 0.3) is 11.3 Å². The Balaban J connectivity index is 1.62. The number of rotatable bonds is 3. The highest BCUT2D eigenvalue weighted by molar-refractivity contribution is 5.87. The van der Waals surface area contributed by atoms with Gasteiger partial charge in [0.2, 0.25) is 5.95 Å². The van der Waals surface area contributed by atoms with Crippen molar-refractivity contribution in [2.75, 3.05) is 25.5 Å². The number of amides is 2. The van der Waals surface area contributed by atoms with Crippen LogP contribution in [0.15, 0.2) is 42.6 Å². The normalized spacial score (nSPS) is 18.4. The van der Waals surface area contributed by atoms with E-state index >= 15 is 0 Å². The fourth-order valence-electron chi connectivity index (χ4n) is 2.80. The van der Waals surface area contributed by atoms with Crippen molar-refractivity contribution >= 4 is 12.0 Å². The van der Waals surface area contributed by atoms with Crippen LogP contribution in [0, 0.1) is 0 Å². The number of nitrogens with one attached hydrogen (secondary N) is 2. The maximum atomic E-state index is 12.1. The van der Waals surface area contributed by atoms with Gasteiger partial charge in [0.05, 0.1) is 5.69 Å². The number of nitrogens with zero attached hydrogens (tertiary/aromatic N) is 3. The molecule has 3 rings (SSSR count). The van der Waals surface area contributed by atoms with Crippen LogP contribution < -0.4 is 10.6 Å². The van der Waals surface area contributed by atoms with Gasteiger partial charge >= 0.3 is 6.03 Å². The summed E-state index contributed by atoms with van der Waals surface area (Å²) < 4.78 is 0. The van der Waals surface area contributed by atoms with Crippen molar-refractivity contribution in [3.63, 3.8) is 0 Å². The number of aromatic nitrogens is 2. The van der Waals surface area contributed by atoms with Gasteiger partial charge in [-0.05, 0) is 32.5 Å². The number of anilines is 1. The Labute approximate surface area is 135 Å². The van der Waals surface area contributed by atoms with E-state index < -0.39 is 0 Å². The lowest BCUT2D eigenvalue weighted by atomic mass is 10.1. The van der Waals surface area contributed by atoms with Crippen LogP contribution in [-0.2, 0) is 0 Å². The number of carbonyl (C=O) groups excluding carboxylic acids is 1. The molecule has 23 heavy (non-hydrogen) atoms. The Bertz CT molecular complexity index is 661. The highest BCUT2D eigenvalue weighted by Crippen LogP contribution is 2.16. The first-order valence-corrected chi connectivity index (χ1v) is 7.85. The molecule has 1 saturated heterocycles. The third kappa shape index (κ3) is 4.26. The summed E-state index contributed by atoms with van der Waals surface area (Å²) in [6.07, 6.45) is 3.75. The standard InChI is InChI=1S/C17H21N5O/c1-22-11-5-8-14(12-22)19-17(23)21-16-18-10-9-15(20-16)13-6-3-2-4-7-13/h2-4,6-7,9-10,14H,5,8,11-12H2,1H3,(H2,18,19,20,21,23)/t14-/m0/s1. The van der Waals surface area contributed by atoms with Crippen LogP contribution in [0.2, 0.25) is 0 Å². The summed E-state index contributed by atoms with van der Waals surface area (Å²) in [4.78, 5) is 22.9. The Kier molecular flexibility index (Phi) is 4.83. The van der Waals surface area contributed by atoms with Gasteiger partial charge < -0.3 is 10.2 Å². The van der Waals surface area contributed by atoms with Crippen molar-refractivity contribution in [1.29, 1.82) is 0 Å². The number of piperidine rings is 1. The van der Waals surface area contributed by atoms with Crippen molar-refractivity contribution in [2.24, 2.45) is 0 Å². The maximum absolute atomic E-state index is 12.1. The van der Waals surface area contributed by atoms with Crippen LogP contribution >= 0.6 is 0 Å². The highest BCUT2D eigenvalue weighted by atomic mass is 16.2. The minimum absolute atomic E-state index is 0.172. The molecule has 1 atom stereocenters. The molecule has 1 aliphatic heterocycles. The molecular formula is C17H21N5O. The third-order valence-corrected chi connectivity index (χ3v) is 3.91. The molecule has 0 spiro atoms. The predicted octanol–water partition coefficient (Wildman–Crippen LogP) is 2.36.